The van der Waals surface area contributed by atoms with Gasteiger partial charge in [0.25, 0.3) is 0 Å². The molecule has 0 amide bonds. The van der Waals surface area contributed by atoms with Crippen LogP contribution < -0.4 is 0 Å². The predicted octanol–water partition coefficient (Wildman–Crippen LogP) is 2.85. The number of alkyl halides is 1. The topological polar surface area (TPSA) is 12.5 Å². The Morgan fingerprint density at radius 1 is 1.06 bits per heavy atom. The molecule has 2 nitrogen and oxygen atoms in total. The molecule has 1 aliphatic heterocycles. The van der Waals surface area contributed by atoms with Gasteiger partial charge in [0.1, 0.15) is 0 Å². The van der Waals surface area contributed by atoms with E-state index < -0.39 is 0 Å². The second kappa shape index (κ2) is 7.14. The van der Waals surface area contributed by atoms with E-state index >= 15 is 0 Å². The van der Waals surface area contributed by atoms with Crippen LogP contribution >= 0.6 is 15.9 Å². The molecule has 1 heterocycles. The zero-order valence-electron chi connectivity index (χ0n) is 10.2. The van der Waals surface area contributed by atoms with Gasteiger partial charge in [-0.1, -0.05) is 40.2 Å². The van der Waals surface area contributed by atoms with Gasteiger partial charge < -0.3 is 4.74 Å². The largest absolute Gasteiger partial charge is 0.379 e. The number of halogens is 1. The fourth-order valence-electron chi connectivity index (χ4n) is 2.13. The molecule has 2 rings (SSSR count). The van der Waals surface area contributed by atoms with Gasteiger partial charge in [0.15, 0.2) is 0 Å². The summed E-state index contributed by atoms with van der Waals surface area (Å²) in [5.41, 5.74) is 2.80. The maximum Gasteiger partial charge on any atom is 0.0594 e. The Labute approximate surface area is 112 Å². The molecule has 1 fully saturated rings. The van der Waals surface area contributed by atoms with Crippen molar-refractivity contribution in [3.63, 3.8) is 0 Å². The van der Waals surface area contributed by atoms with Crippen molar-refractivity contribution in [2.24, 2.45) is 0 Å². The zero-order valence-corrected chi connectivity index (χ0v) is 11.8. The average Bonchev–Trinajstić information content (AvgIpc) is 2.41. The molecular formula is C14H20BrNO. The molecule has 94 valence electrons. The summed E-state index contributed by atoms with van der Waals surface area (Å²) < 4.78 is 5.34. The maximum atomic E-state index is 5.34. The molecule has 0 N–H and O–H groups in total. The van der Waals surface area contributed by atoms with Gasteiger partial charge in [-0.25, -0.2) is 0 Å². The van der Waals surface area contributed by atoms with Crippen molar-refractivity contribution in [3.8, 4) is 0 Å². The standard InChI is InChI=1S/C14H20BrNO/c15-12-14-5-3-13(4-6-14)2-1-7-16-8-10-17-11-9-16/h3-6H,1-2,7-12H2. The molecule has 1 saturated heterocycles. The van der Waals surface area contributed by atoms with Gasteiger partial charge in [-0.3, -0.25) is 4.90 Å². The lowest BCUT2D eigenvalue weighted by molar-refractivity contribution is 0.0375. The van der Waals surface area contributed by atoms with Crippen LogP contribution in [0.2, 0.25) is 0 Å². The van der Waals surface area contributed by atoms with E-state index in [1.165, 1.54) is 30.5 Å². The first kappa shape index (κ1) is 13.1. The minimum atomic E-state index is 0.903. The van der Waals surface area contributed by atoms with Gasteiger partial charge in [0.2, 0.25) is 0 Å². The number of ether oxygens (including phenoxy) is 1. The normalized spacial score (nSPS) is 17.2. The van der Waals surface area contributed by atoms with E-state index in [9.17, 15) is 0 Å². The Bertz CT molecular complexity index is 319. The number of hydrogen-bond donors (Lipinski definition) is 0. The van der Waals surface area contributed by atoms with Gasteiger partial charge in [-0.15, -0.1) is 0 Å². The van der Waals surface area contributed by atoms with Crippen LogP contribution in [-0.2, 0) is 16.5 Å². The van der Waals surface area contributed by atoms with Gasteiger partial charge >= 0.3 is 0 Å². The molecule has 17 heavy (non-hydrogen) atoms. The number of nitrogens with zero attached hydrogens (tertiary/aromatic N) is 1. The molecule has 1 aliphatic rings. The molecule has 0 saturated carbocycles. The smallest absolute Gasteiger partial charge is 0.0594 e. The molecule has 3 heteroatoms. The molecule has 0 spiro atoms. The van der Waals surface area contributed by atoms with Gasteiger partial charge in [-0.2, -0.15) is 0 Å². The number of aryl methyl sites for hydroxylation is 1. The van der Waals surface area contributed by atoms with Crippen LogP contribution in [0.3, 0.4) is 0 Å². The highest BCUT2D eigenvalue weighted by atomic mass is 79.9. The summed E-state index contributed by atoms with van der Waals surface area (Å²) in [6, 6.07) is 8.91. The average molecular weight is 298 g/mol. The lowest BCUT2D eigenvalue weighted by Crippen LogP contribution is -2.36. The summed E-state index contributed by atoms with van der Waals surface area (Å²) >= 11 is 3.47. The Hall–Kier alpha value is -0.380. The highest BCUT2D eigenvalue weighted by Gasteiger charge is 2.09. The first-order chi connectivity index (χ1) is 8.38. The van der Waals surface area contributed by atoms with Crippen molar-refractivity contribution in [1.82, 2.24) is 4.90 Å². The van der Waals surface area contributed by atoms with Gasteiger partial charge in [-0.05, 0) is 30.5 Å². The van der Waals surface area contributed by atoms with Gasteiger partial charge in [0.05, 0.1) is 13.2 Å². The molecule has 0 radical (unpaired) electrons. The predicted molar refractivity (Wildman–Crippen MR) is 74.7 cm³/mol. The highest BCUT2D eigenvalue weighted by Crippen LogP contribution is 2.10. The van der Waals surface area contributed by atoms with Crippen molar-refractivity contribution >= 4 is 15.9 Å². The second-order valence-corrected chi connectivity index (χ2v) is 5.07. The number of morpholine rings is 1. The summed E-state index contributed by atoms with van der Waals surface area (Å²) in [6.45, 7) is 5.20. The molecular weight excluding hydrogens is 278 g/mol. The Morgan fingerprint density at radius 2 is 1.71 bits per heavy atom. The first-order valence-corrected chi connectivity index (χ1v) is 7.44. The lowest BCUT2D eigenvalue weighted by Gasteiger charge is -2.26. The van der Waals surface area contributed by atoms with Crippen LogP contribution in [-0.4, -0.2) is 37.7 Å². The quantitative estimate of drug-likeness (QED) is 0.775. The van der Waals surface area contributed by atoms with Crippen LogP contribution in [0.4, 0.5) is 0 Å². The summed E-state index contributed by atoms with van der Waals surface area (Å²) in [5.74, 6) is 0. The van der Waals surface area contributed by atoms with Crippen LogP contribution in [0, 0.1) is 0 Å². The van der Waals surface area contributed by atoms with E-state index in [1.54, 1.807) is 0 Å². The number of benzene rings is 1. The molecule has 0 unspecified atom stereocenters. The Kier molecular flexibility index (Phi) is 5.49. The number of rotatable bonds is 5. The van der Waals surface area contributed by atoms with Crippen LogP contribution in [0.1, 0.15) is 17.5 Å². The molecule has 0 bridgehead atoms. The Balaban J connectivity index is 1.69. The van der Waals surface area contributed by atoms with Crippen molar-refractivity contribution in [3.05, 3.63) is 35.4 Å². The minimum Gasteiger partial charge on any atom is -0.379 e. The van der Waals surface area contributed by atoms with Crippen LogP contribution in [0.5, 0.6) is 0 Å². The molecule has 0 aromatic heterocycles. The van der Waals surface area contributed by atoms with E-state index in [2.05, 4.69) is 45.1 Å². The van der Waals surface area contributed by atoms with Crippen LogP contribution in [0.15, 0.2) is 24.3 Å². The molecule has 1 aromatic rings. The monoisotopic (exact) mass is 297 g/mol. The summed E-state index contributed by atoms with van der Waals surface area (Å²) in [6.07, 6.45) is 2.42. The third-order valence-corrected chi connectivity index (χ3v) is 3.87. The van der Waals surface area contributed by atoms with E-state index in [1.807, 2.05) is 0 Å². The zero-order chi connectivity index (χ0) is 11.9. The first-order valence-electron chi connectivity index (χ1n) is 6.32. The SMILES string of the molecule is BrCc1ccc(CCCN2CCOCC2)cc1. The Morgan fingerprint density at radius 3 is 2.35 bits per heavy atom. The summed E-state index contributed by atoms with van der Waals surface area (Å²) in [4.78, 5) is 2.50. The van der Waals surface area contributed by atoms with Crippen molar-refractivity contribution in [2.75, 3.05) is 32.8 Å². The van der Waals surface area contributed by atoms with E-state index in [4.69, 9.17) is 4.74 Å². The van der Waals surface area contributed by atoms with Crippen molar-refractivity contribution < 1.29 is 4.74 Å². The molecule has 1 aromatic carbocycles. The van der Waals surface area contributed by atoms with Crippen molar-refractivity contribution in [1.29, 1.82) is 0 Å². The van der Waals surface area contributed by atoms with E-state index in [0.717, 1.165) is 31.6 Å². The number of hydrogen-bond acceptors (Lipinski definition) is 2. The maximum absolute atomic E-state index is 5.34. The van der Waals surface area contributed by atoms with E-state index in [0.29, 0.717) is 0 Å². The lowest BCUT2D eigenvalue weighted by atomic mass is 10.1. The van der Waals surface area contributed by atoms with Gasteiger partial charge in [0, 0.05) is 18.4 Å². The van der Waals surface area contributed by atoms with Crippen molar-refractivity contribution in [2.45, 2.75) is 18.2 Å². The second-order valence-electron chi connectivity index (χ2n) is 4.51. The fourth-order valence-corrected chi connectivity index (χ4v) is 2.50. The third-order valence-electron chi connectivity index (χ3n) is 3.22. The molecule has 0 atom stereocenters. The van der Waals surface area contributed by atoms with Crippen LogP contribution in [0.25, 0.3) is 0 Å². The van der Waals surface area contributed by atoms with E-state index in [-0.39, 0.29) is 0 Å². The third kappa shape index (κ3) is 4.41. The minimum absolute atomic E-state index is 0.903. The molecule has 0 aliphatic carbocycles. The summed E-state index contributed by atoms with van der Waals surface area (Å²) in [7, 11) is 0. The fraction of sp³-hybridized carbons (Fsp3) is 0.571. The summed E-state index contributed by atoms with van der Waals surface area (Å²) in [5, 5.41) is 0.945. The highest BCUT2D eigenvalue weighted by molar-refractivity contribution is 9.08.